The normalized spacial score (nSPS) is 16.4. The quantitative estimate of drug-likeness (QED) is 0.672. The zero-order chi connectivity index (χ0) is 22.2. The van der Waals surface area contributed by atoms with Crippen molar-refractivity contribution < 1.29 is 23.9 Å². The van der Waals surface area contributed by atoms with Crippen molar-refractivity contribution in [3.63, 3.8) is 0 Å². The second kappa shape index (κ2) is 10.5. The van der Waals surface area contributed by atoms with Crippen molar-refractivity contribution in [3.05, 3.63) is 65.7 Å². The summed E-state index contributed by atoms with van der Waals surface area (Å²) >= 11 is 0. The Morgan fingerprint density at radius 1 is 1.13 bits per heavy atom. The Labute approximate surface area is 181 Å². The first-order valence-corrected chi connectivity index (χ1v) is 10.2. The second-order valence-electron chi connectivity index (χ2n) is 7.37. The standard InChI is InChI=1S/C23H27N3O5/c1-30-20-12-6-5-10-17(20)14-18(21(24)27)25-22(28)19-11-7-13-26(19)23(29)31-15-16-8-3-2-4-9-16/h2-6,8-10,12,18-19H,7,11,13-15H2,1H3,(H2,24,27)(H,25,28)/t18-,19+/m0/s1. The first kappa shape index (κ1) is 22.1. The highest BCUT2D eigenvalue weighted by Gasteiger charge is 2.36. The van der Waals surface area contributed by atoms with Gasteiger partial charge >= 0.3 is 6.09 Å². The maximum Gasteiger partial charge on any atom is 0.410 e. The molecule has 8 heteroatoms. The van der Waals surface area contributed by atoms with Gasteiger partial charge in [-0.05, 0) is 30.0 Å². The first-order chi connectivity index (χ1) is 15.0. The van der Waals surface area contributed by atoms with Crippen LogP contribution in [0.2, 0.25) is 0 Å². The zero-order valence-corrected chi connectivity index (χ0v) is 17.5. The molecule has 1 saturated heterocycles. The molecule has 1 heterocycles. The summed E-state index contributed by atoms with van der Waals surface area (Å²) < 4.78 is 10.7. The van der Waals surface area contributed by atoms with E-state index >= 15 is 0 Å². The lowest BCUT2D eigenvalue weighted by Crippen LogP contribution is -2.53. The van der Waals surface area contributed by atoms with Crippen molar-refractivity contribution >= 4 is 17.9 Å². The van der Waals surface area contributed by atoms with Crippen LogP contribution in [-0.4, -0.2) is 48.5 Å². The van der Waals surface area contributed by atoms with Crippen molar-refractivity contribution in [2.45, 2.75) is 38.0 Å². The number of carbonyl (C=O) groups is 3. The van der Waals surface area contributed by atoms with Gasteiger partial charge in [0.25, 0.3) is 0 Å². The number of benzene rings is 2. The van der Waals surface area contributed by atoms with Gasteiger partial charge in [-0.25, -0.2) is 4.79 Å². The molecular formula is C23H27N3O5. The number of nitrogens with two attached hydrogens (primary N) is 1. The van der Waals surface area contributed by atoms with Crippen LogP contribution in [0.25, 0.3) is 0 Å². The molecule has 8 nitrogen and oxygen atoms in total. The Kier molecular flexibility index (Phi) is 7.48. The second-order valence-corrected chi connectivity index (χ2v) is 7.37. The number of para-hydroxylation sites is 1. The third-order valence-electron chi connectivity index (χ3n) is 5.27. The molecule has 3 amide bonds. The van der Waals surface area contributed by atoms with Crippen LogP contribution in [0.3, 0.4) is 0 Å². The van der Waals surface area contributed by atoms with E-state index in [1.165, 1.54) is 12.0 Å². The summed E-state index contributed by atoms with van der Waals surface area (Å²) in [6.07, 6.45) is 0.802. The zero-order valence-electron chi connectivity index (χ0n) is 17.5. The van der Waals surface area contributed by atoms with E-state index in [0.29, 0.717) is 25.1 Å². The van der Waals surface area contributed by atoms with E-state index in [-0.39, 0.29) is 13.0 Å². The summed E-state index contributed by atoms with van der Waals surface area (Å²) in [5.41, 5.74) is 7.14. The molecule has 0 aliphatic carbocycles. The number of carbonyl (C=O) groups excluding carboxylic acids is 3. The molecule has 2 aromatic carbocycles. The Morgan fingerprint density at radius 2 is 1.84 bits per heavy atom. The van der Waals surface area contributed by atoms with Gasteiger partial charge in [0.1, 0.15) is 24.4 Å². The fraction of sp³-hybridized carbons (Fsp3) is 0.348. The van der Waals surface area contributed by atoms with Crippen LogP contribution in [0.15, 0.2) is 54.6 Å². The van der Waals surface area contributed by atoms with Crippen LogP contribution in [0.1, 0.15) is 24.0 Å². The number of hydrogen-bond donors (Lipinski definition) is 2. The SMILES string of the molecule is COc1ccccc1C[C@H](NC(=O)[C@H]1CCCN1C(=O)OCc1ccccc1)C(N)=O. The molecule has 0 saturated carbocycles. The number of methoxy groups -OCH3 is 1. The highest BCUT2D eigenvalue weighted by Crippen LogP contribution is 2.21. The smallest absolute Gasteiger partial charge is 0.410 e. The monoisotopic (exact) mass is 425 g/mol. The van der Waals surface area contributed by atoms with E-state index in [9.17, 15) is 14.4 Å². The molecule has 164 valence electrons. The summed E-state index contributed by atoms with van der Waals surface area (Å²) in [6, 6.07) is 14.9. The third kappa shape index (κ3) is 5.75. The molecule has 3 N–H and O–H groups in total. The number of ether oxygens (including phenoxy) is 2. The molecule has 0 radical (unpaired) electrons. The van der Waals surface area contributed by atoms with Crippen molar-refractivity contribution in [1.82, 2.24) is 10.2 Å². The van der Waals surface area contributed by atoms with Crippen LogP contribution < -0.4 is 15.8 Å². The number of nitrogens with one attached hydrogen (secondary N) is 1. The molecule has 0 bridgehead atoms. The summed E-state index contributed by atoms with van der Waals surface area (Å²) in [5.74, 6) is -0.474. The van der Waals surface area contributed by atoms with E-state index < -0.39 is 30.0 Å². The molecule has 0 unspecified atom stereocenters. The van der Waals surface area contributed by atoms with Crippen LogP contribution in [-0.2, 0) is 27.4 Å². The van der Waals surface area contributed by atoms with E-state index in [0.717, 1.165) is 11.1 Å². The Bertz CT molecular complexity index is 918. The number of rotatable bonds is 8. The van der Waals surface area contributed by atoms with Crippen LogP contribution in [0.4, 0.5) is 4.79 Å². The Balaban J connectivity index is 1.62. The molecule has 1 aliphatic heterocycles. The highest BCUT2D eigenvalue weighted by molar-refractivity contribution is 5.91. The maximum absolute atomic E-state index is 12.9. The first-order valence-electron chi connectivity index (χ1n) is 10.2. The van der Waals surface area contributed by atoms with E-state index in [2.05, 4.69) is 5.32 Å². The Hall–Kier alpha value is -3.55. The lowest BCUT2D eigenvalue weighted by atomic mass is 10.0. The summed E-state index contributed by atoms with van der Waals surface area (Å²) in [5, 5.41) is 2.70. The van der Waals surface area contributed by atoms with Gasteiger partial charge < -0.3 is 20.5 Å². The van der Waals surface area contributed by atoms with Gasteiger partial charge in [0, 0.05) is 13.0 Å². The van der Waals surface area contributed by atoms with Crippen LogP contribution in [0, 0.1) is 0 Å². The van der Waals surface area contributed by atoms with Gasteiger partial charge in [0.05, 0.1) is 7.11 Å². The van der Waals surface area contributed by atoms with Crippen LogP contribution >= 0.6 is 0 Å². The van der Waals surface area contributed by atoms with Gasteiger partial charge in [-0.3, -0.25) is 14.5 Å². The molecule has 0 spiro atoms. The summed E-state index contributed by atoms with van der Waals surface area (Å²) in [6.45, 7) is 0.543. The number of primary amides is 1. The number of likely N-dealkylation sites (tertiary alicyclic amines) is 1. The van der Waals surface area contributed by atoms with E-state index in [1.54, 1.807) is 6.07 Å². The predicted octanol–water partition coefficient (Wildman–Crippen LogP) is 2.01. The molecule has 1 aliphatic rings. The van der Waals surface area contributed by atoms with Crippen molar-refractivity contribution in [3.8, 4) is 5.75 Å². The molecule has 3 rings (SSSR count). The number of hydrogen-bond acceptors (Lipinski definition) is 5. The topological polar surface area (TPSA) is 111 Å². The molecule has 31 heavy (non-hydrogen) atoms. The van der Waals surface area contributed by atoms with Gasteiger partial charge in [-0.1, -0.05) is 48.5 Å². The fourth-order valence-corrected chi connectivity index (χ4v) is 3.64. The minimum Gasteiger partial charge on any atom is -0.496 e. The predicted molar refractivity (Wildman–Crippen MR) is 114 cm³/mol. The summed E-state index contributed by atoms with van der Waals surface area (Å²) in [4.78, 5) is 38.8. The summed E-state index contributed by atoms with van der Waals surface area (Å²) in [7, 11) is 1.54. The van der Waals surface area contributed by atoms with Gasteiger partial charge in [-0.2, -0.15) is 0 Å². The molecule has 0 aromatic heterocycles. The number of amides is 3. The van der Waals surface area contributed by atoms with Gasteiger partial charge in [0.2, 0.25) is 11.8 Å². The lowest BCUT2D eigenvalue weighted by Gasteiger charge is -2.25. The molecular weight excluding hydrogens is 398 g/mol. The average Bonchev–Trinajstić information content (AvgIpc) is 3.28. The number of nitrogens with zero attached hydrogens (tertiary/aromatic N) is 1. The highest BCUT2D eigenvalue weighted by atomic mass is 16.6. The van der Waals surface area contributed by atoms with Crippen molar-refractivity contribution in [2.75, 3.05) is 13.7 Å². The maximum atomic E-state index is 12.9. The fourth-order valence-electron chi connectivity index (χ4n) is 3.64. The van der Waals surface area contributed by atoms with Crippen molar-refractivity contribution in [2.24, 2.45) is 5.73 Å². The molecule has 2 aromatic rings. The largest absolute Gasteiger partial charge is 0.496 e. The van der Waals surface area contributed by atoms with Crippen molar-refractivity contribution in [1.29, 1.82) is 0 Å². The average molecular weight is 425 g/mol. The minimum absolute atomic E-state index is 0.127. The lowest BCUT2D eigenvalue weighted by molar-refractivity contribution is -0.130. The third-order valence-corrected chi connectivity index (χ3v) is 5.27. The molecule has 2 atom stereocenters. The van der Waals surface area contributed by atoms with Crippen LogP contribution in [0.5, 0.6) is 5.75 Å². The molecule has 1 fully saturated rings. The van der Waals surface area contributed by atoms with Gasteiger partial charge in [0.15, 0.2) is 0 Å². The Morgan fingerprint density at radius 3 is 2.55 bits per heavy atom. The minimum atomic E-state index is -0.924. The van der Waals surface area contributed by atoms with Gasteiger partial charge in [-0.15, -0.1) is 0 Å². The van der Waals surface area contributed by atoms with E-state index in [4.69, 9.17) is 15.2 Å². The van der Waals surface area contributed by atoms with E-state index in [1.807, 2.05) is 48.5 Å².